The number of hydrogen-bond donors (Lipinski definition) is 1. The van der Waals surface area contributed by atoms with E-state index in [0.717, 1.165) is 38.9 Å². The normalized spacial score (nSPS) is 21.1. The van der Waals surface area contributed by atoms with Gasteiger partial charge in [-0.2, -0.15) is 0 Å². The van der Waals surface area contributed by atoms with Crippen molar-refractivity contribution in [3.63, 3.8) is 0 Å². The van der Waals surface area contributed by atoms with Gasteiger partial charge in [0.15, 0.2) is 6.29 Å². The molecule has 0 unspecified atom stereocenters. The van der Waals surface area contributed by atoms with Gasteiger partial charge in [-0.3, -0.25) is 4.79 Å². The van der Waals surface area contributed by atoms with Gasteiger partial charge in [-0.05, 0) is 38.1 Å². The Morgan fingerprint density at radius 2 is 2.05 bits per heavy atom. The van der Waals surface area contributed by atoms with E-state index in [1.165, 1.54) is 0 Å². The van der Waals surface area contributed by atoms with Gasteiger partial charge in [0.1, 0.15) is 5.82 Å². The molecule has 1 aromatic rings. The molecule has 0 saturated carbocycles. The lowest BCUT2D eigenvalue weighted by atomic mass is 9.96. The Balaban J connectivity index is 1.38. The molecule has 0 aromatic carbocycles. The van der Waals surface area contributed by atoms with E-state index in [1.54, 1.807) is 6.20 Å². The van der Waals surface area contributed by atoms with Crippen LogP contribution in [0.5, 0.6) is 0 Å². The van der Waals surface area contributed by atoms with Gasteiger partial charge in [0.2, 0.25) is 5.91 Å². The molecule has 1 amide bonds. The molecular formula is C16H23N3O3. The molecule has 0 radical (unpaired) electrons. The fraction of sp³-hybridized carbons (Fsp3) is 0.625. The lowest BCUT2D eigenvalue weighted by Gasteiger charge is -2.31. The Bertz CT molecular complexity index is 469. The van der Waals surface area contributed by atoms with Gasteiger partial charge < -0.3 is 19.7 Å². The van der Waals surface area contributed by atoms with Crippen LogP contribution in [0.3, 0.4) is 0 Å². The summed E-state index contributed by atoms with van der Waals surface area (Å²) < 4.78 is 10.9. The van der Waals surface area contributed by atoms with Crippen molar-refractivity contribution in [3.8, 4) is 0 Å². The summed E-state index contributed by atoms with van der Waals surface area (Å²) in [6.07, 6.45) is 4.34. The van der Waals surface area contributed by atoms with Gasteiger partial charge in [0, 0.05) is 25.1 Å². The smallest absolute Gasteiger partial charge is 0.228 e. The van der Waals surface area contributed by atoms with Gasteiger partial charge in [0.05, 0.1) is 13.2 Å². The fourth-order valence-electron chi connectivity index (χ4n) is 2.95. The Kier molecular flexibility index (Phi) is 5.37. The summed E-state index contributed by atoms with van der Waals surface area (Å²) in [7, 11) is 0. The predicted molar refractivity (Wildman–Crippen MR) is 82.3 cm³/mol. The zero-order valence-electron chi connectivity index (χ0n) is 12.7. The van der Waals surface area contributed by atoms with E-state index in [1.807, 2.05) is 18.2 Å². The largest absolute Gasteiger partial charge is 0.350 e. The highest BCUT2D eigenvalue weighted by atomic mass is 16.7. The molecule has 0 bridgehead atoms. The van der Waals surface area contributed by atoms with Crippen LogP contribution in [0, 0.1) is 5.92 Å². The lowest BCUT2D eigenvalue weighted by molar-refractivity contribution is -0.121. The van der Waals surface area contributed by atoms with E-state index in [0.29, 0.717) is 19.0 Å². The van der Waals surface area contributed by atoms with Crippen molar-refractivity contribution in [2.24, 2.45) is 5.92 Å². The molecule has 2 saturated heterocycles. The molecule has 6 heteroatoms. The molecule has 0 spiro atoms. The minimum absolute atomic E-state index is 0.0369. The van der Waals surface area contributed by atoms with Crippen LogP contribution >= 0.6 is 0 Å². The van der Waals surface area contributed by atoms with E-state index < -0.39 is 0 Å². The number of amides is 1. The highest BCUT2D eigenvalue weighted by molar-refractivity contribution is 5.91. The van der Waals surface area contributed by atoms with Gasteiger partial charge in [0.25, 0.3) is 0 Å². The van der Waals surface area contributed by atoms with Gasteiger partial charge in [-0.25, -0.2) is 4.98 Å². The molecule has 3 heterocycles. The summed E-state index contributed by atoms with van der Waals surface area (Å²) in [4.78, 5) is 18.7. The number of hydrogen-bond acceptors (Lipinski definition) is 5. The topological polar surface area (TPSA) is 63.7 Å². The second kappa shape index (κ2) is 7.67. The van der Waals surface area contributed by atoms with Crippen molar-refractivity contribution < 1.29 is 14.3 Å². The summed E-state index contributed by atoms with van der Waals surface area (Å²) in [6.45, 7) is 4.29. The van der Waals surface area contributed by atoms with Crippen LogP contribution in [0.2, 0.25) is 0 Å². The number of carbonyl (C=O) groups excluding carboxylic acids is 1. The number of ether oxygens (including phenoxy) is 2. The van der Waals surface area contributed by atoms with Crippen molar-refractivity contribution in [1.29, 1.82) is 0 Å². The third-order valence-corrected chi connectivity index (χ3v) is 4.25. The summed E-state index contributed by atoms with van der Waals surface area (Å²) >= 11 is 0. The molecule has 2 aliphatic heterocycles. The molecule has 0 atom stereocenters. The number of rotatable bonds is 5. The molecule has 1 N–H and O–H groups in total. The van der Waals surface area contributed by atoms with Crippen molar-refractivity contribution in [3.05, 3.63) is 24.4 Å². The van der Waals surface area contributed by atoms with Gasteiger partial charge in [-0.15, -0.1) is 0 Å². The van der Waals surface area contributed by atoms with E-state index in [4.69, 9.17) is 9.47 Å². The SMILES string of the molecule is O=C(Nc1ccccn1)C1CCN(CCC2OCCO2)CC1. The van der Waals surface area contributed by atoms with Crippen LogP contribution in [-0.2, 0) is 14.3 Å². The number of likely N-dealkylation sites (tertiary alicyclic amines) is 1. The lowest BCUT2D eigenvalue weighted by Crippen LogP contribution is -2.39. The highest BCUT2D eigenvalue weighted by Crippen LogP contribution is 2.20. The number of pyridine rings is 1. The minimum atomic E-state index is -0.0369. The standard InChI is InChI=1S/C16H23N3O3/c20-16(18-14-3-1-2-7-17-14)13-4-8-19(9-5-13)10-6-15-21-11-12-22-15/h1-3,7,13,15H,4-6,8-12H2,(H,17,18,20). The van der Waals surface area contributed by atoms with Crippen molar-refractivity contribution in [1.82, 2.24) is 9.88 Å². The number of nitrogens with one attached hydrogen (secondary N) is 1. The summed E-state index contributed by atoms with van der Waals surface area (Å²) in [6, 6.07) is 5.53. The van der Waals surface area contributed by atoms with Gasteiger partial charge >= 0.3 is 0 Å². The van der Waals surface area contributed by atoms with Crippen LogP contribution in [-0.4, -0.2) is 54.9 Å². The van der Waals surface area contributed by atoms with Crippen molar-refractivity contribution in [2.75, 3.05) is 38.2 Å². The molecule has 3 rings (SSSR count). The number of nitrogens with zero attached hydrogens (tertiary/aromatic N) is 2. The van der Waals surface area contributed by atoms with E-state index in [9.17, 15) is 4.79 Å². The van der Waals surface area contributed by atoms with Crippen LogP contribution in [0.4, 0.5) is 5.82 Å². The van der Waals surface area contributed by atoms with Crippen LogP contribution in [0.25, 0.3) is 0 Å². The first-order valence-electron chi connectivity index (χ1n) is 7.99. The second-order valence-corrected chi connectivity index (χ2v) is 5.78. The zero-order chi connectivity index (χ0) is 15.2. The summed E-state index contributed by atoms with van der Waals surface area (Å²) in [5.74, 6) is 0.795. The molecule has 120 valence electrons. The maximum absolute atomic E-state index is 12.2. The van der Waals surface area contributed by atoms with Crippen LogP contribution in [0.15, 0.2) is 24.4 Å². The third-order valence-electron chi connectivity index (χ3n) is 4.25. The number of carbonyl (C=O) groups is 1. The number of anilines is 1. The van der Waals surface area contributed by atoms with Gasteiger partial charge in [-0.1, -0.05) is 6.07 Å². The second-order valence-electron chi connectivity index (χ2n) is 5.78. The first-order valence-corrected chi connectivity index (χ1v) is 7.99. The Hall–Kier alpha value is -1.50. The minimum Gasteiger partial charge on any atom is -0.350 e. The maximum atomic E-state index is 12.2. The van der Waals surface area contributed by atoms with Crippen LogP contribution in [0.1, 0.15) is 19.3 Å². The quantitative estimate of drug-likeness (QED) is 0.893. The maximum Gasteiger partial charge on any atom is 0.228 e. The Morgan fingerprint density at radius 3 is 2.73 bits per heavy atom. The van der Waals surface area contributed by atoms with E-state index in [-0.39, 0.29) is 18.1 Å². The molecule has 22 heavy (non-hydrogen) atoms. The molecule has 1 aromatic heterocycles. The molecule has 2 aliphatic rings. The van der Waals surface area contributed by atoms with E-state index >= 15 is 0 Å². The molecular weight excluding hydrogens is 282 g/mol. The zero-order valence-corrected chi connectivity index (χ0v) is 12.7. The predicted octanol–water partition coefficient (Wildman–Crippen LogP) is 1.50. The molecule has 0 aliphatic carbocycles. The van der Waals surface area contributed by atoms with Crippen LogP contribution < -0.4 is 5.32 Å². The molecule has 2 fully saturated rings. The Labute approximate surface area is 130 Å². The summed E-state index contributed by atoms with van der Waals surface area (Å²) in [5, 5.41) is 2.89. The Morgan fingerprint density at radius 1 is 1.27 bits per heavy atom. The van der Waals surface area contributed by atoms with Crippen molar-refractivity contribution >= 4 is 11.7 Å². The molecule has 6 nitrogen and oxygen atoms in total. The summed E-state index contributed by atoms with van der Waals surface area (Å²) in [5.41, 5.74) is 0. The monoisotopic (exact) mass is 305 g/mol. The number of piperidine rings is 1. The number of aromatic nitrogens is 1. The fourth-order valence-corrected chi connectivity index (χ4v) is 2.95. The van der Waals surface area contributed by atoms with Crippen molar-refractivity contribution in [2.45, 2.75) is 25.6 Å². The third kappa shape index (κ3) is 4.25. The average molecular weight is 305 g/mol. The first kappa shape index (κ1) is 15.4. The highest BCUT2D eigenvalue weighted by Gasteiger charge is 2.26. The average Bonchev–Trinajstić information content (AvgIpc) is 3.08. The first-order chi connectivity index (χ1) is 10.8. The van der Waals surface area contributed by atoms with E-state index in [2.05, 4.69) is 15.2 Å².